The SMILES string of the molecule is COCCOCc1cccc(NC2CCCC(C)(C)C2)c1. The van der Waals surface area contributed by atoms with Crippen molar-refractivity contribution in [2.75, 3.05) is 25.6 Å². The first-order valence-electron chi connectivity index (χ1n) is 8.01. The van der Waals surface area contributed by atoms with E-state index in [0.29, 0.717) is 31.3 Å². The summed E-state index contributed by atoms with van der Waals surface area (Å²) in [6.45, 7) is 6.69. The summed E-state index contributed by atoms with van der Waals surface area (Å²) in [5, 5.41) is 3.70. The summed E-state index contributed by atoms with van der Waals surface area (Å²) in [4.78, 5) is 0. The van der Waals surface area contributed by atoms with Gasteiger partial charge < -0.3 is 14.8 Å². The highest BCUT2D eigenvalue weighted by molar-refractivity contribution is 5.46. The first-order chi connectivity index (χ1) is 10.1. The van der Waals surface area contributed by atoms with E-state index < -0.39 is 0 Å². The zero-order valence-corrected chi connectivity index (χ0v) is 13.7. The highest BCUT2D eigenvalue weighted by atomic mass is 16.5. The van der Waals surface area contributed by atoms with Crippen LogP contribution in [0.2, 0.25) is 0 Å². The number of ether oxygens (including phenoxy) is 2. The van der Waals surface area contributed by atoms with E-state index in [4.69, 9.17) is 9.47 Å². The lowest BCUT2D eigenvalue weighted by atomic mass is 9.75. The molecule has 3 heteroatoms. The maximum atomic E-state index is 5.59. The summed E-state index contributed by atoms with van der Waals surface area (Å²) in [7, 11) is 1.69. The van der Waals surface area contributed by atoms with E-state index in [9.17, 15) is 0 Å². The first kappa shape index (κ1) is 16.3. The van der Waals surface area contributed by atoms with Gasteiger partial charge in [-0.1, -0.05) is 32.4 Å². The molecule has 1 aliphatic carbocycles. The molecule has 1 fully saturated rings. The van der Waals surface area contributed by atoms with Crippen molar-refractivity contribution in [2.24, 2.45) is 5.41 Å². The van der Waals surface area contributed by atoms with Gasteiger partial charge in [0.25, 0.3) is 0 Å². The number of anilines is 1. The van der Waals surface area contributed by atoms with Crippen LogP contribution in [0.25, 0.3) is 0 Å². The Bertz CT molecular complexity index is 431. The third-order valence-electron chi connectivity index (χ3n) is 4.20. The smallest absolute Gasteiger partial charge is 0.0718 e. The number of benzene rings is 1. The molecule has 0 aliphatic heterocycles. The Balaban J connectivity index is 1.85. The summed E-state index contributed by atoms with van der Waals surface area (Å²) in [5.41, 5.74) is 2.90. The number of nitrogens with one attached hydrogen (secondary N) is 1. The van der Waals surface area contributed by atoms with Crippen molar-refractivity contribution in [1.29, 1.82) is 0 Å². The fourth-order valence-electron chi connectivity index (χ4n) is 3.14. The summed E-state index contributed by atoms with van der Waals surface area (Å²) in [6, 6.07) is 9.17. The summed E-state index contributed by atoms with van der Waals surface area (Å²) >= 11 is 0. The molecule has 0 amide bonds. The van der Waals surface area contributed by atoms with Gasteiger partial charge in [0, 0.05) is 18.8 Å². The molecule has 0 saturated heterocycles. The molecule has 3 nitrogen and oxygen atoms in total. The van der Waals surface area contributed by atoms with Gasteiger partial charge in [0.1, 0.15) is 0 Å². The van der Waals surface area contributed by atoms with E-state index >= 15 is 0 Å². The highest BCUT2D eigenvalue weighted by Gasteiger charge is 2.27. The van der Waals surface area contributed by atoms with Crippen molar-refractivity contribution >= 4 is 5.69 Å². The Labute approximate surface area is 129 Å². The molecule has 0 aromatic heterocycles. The van der Waals surface area contributed by atoms with Crippen LogP contribution in [0.15, 0.2) is 24.3 Å². The predicted molar refractivity (Wildman–Crippen MR) is 87.6 cm³/mol. The molecule has 1 saturated carbocycles. The van der Waals surface area contributed by atoms with Crippen molar-refractivity contribution < 1.29 is 9.47 Å². The fourth-order valence-corrected chi connectivity index (χ4v) is 3.14. The summed E-state index contributed by atoms with van der Waals surface area (Å²) in [5.74, 6) is 0. The molecule has 2 rings (SSSR count). The van der Waals surface area contributed by atoms with E-state index in [1.165, 1.54) is 36.9 Å². The molecule has 0 spiro atoms. The number of hydrogen-bond acceptors (Lipinski definition) is 3. The van der Waals surface area contributed by atoms with E-state index in [-0.39, 0.29) is 0 Å². The Kier molecular flexibility index (Phi) is 6.07. The van der Waals surface area contributed by atoms with Gasteiger partial charge in [-0.15, -0.1) is 0 Å². The van der Waals surface area contributed by atoms with Crippen molar-refractivity contribution in [3.63, 3.8) is 0 Å². The average molecular weight is 291 g/mol. The highest BCUT2D eigenvalue weighted by Crippen LogP contribution is 2.36. The molecule has 0 heterocycles. The van der Waals surface area contributed by atoms with Crippen LogP contribution < -0.4 is 5.32 Å². The van der Waals surface area contributed by atoms with Crippen LogP contribution in [0.4, 0.5) is 5.69 Å². The lowest BCUT2D eigenvalue weighted by Crippen LogP contribution is -2.31. The third-order valence-corrected chi connectivity index (χ3v) is 4.20. The molecular formula is C18H29NO2. The lowest BCUT2D eigenvalue weighted by molar-refractivity contribution is 0.0617. The second-order valence-electron chi connectivity index (χ2n) is 6.85. The molecule has 1 aromatic carbocycles. The minimum Gasteiger partial charge on any atom is -0.382 e. The van der Waals surface area contributed by atoms with Gasteiger partial charge in [0.05, 0.1) is 19.8 Å². The van der Waals surface area contributed by atoms with Crippen LogP contribution in [0, 0.1) is 5.41 Å². The second kappa shape index (κ2) is 7.81. The summed E-state index contributed by atoms with van der Waals surface area (Å²) < 4.78 is 10.6. The van der Waals surface area contributed by atoms with Crippen molar-refractivity contribution in [2.45, 2.75) is 52.2 Å². The normalized spacial score (nSPS) is 21.2. The molecule has 1 N–H and O–H groups in total. The van der Waals surface area contributed by atoms with Crippen LogP contribution in [-0.4, -0.2) is 26.4 Å². The van der Waals surface area contributed by atoms with Crippen LogP contribution >= 0.6 is 0 Å². The minimum atomic E-state index is 0.469. The maximum absolute atomic E-state index is 5.59. The van der Waals surface area contributed by atoms with Gasteiger partial charge in [0.15, 0.2) is 0 Å². The van der Waals surface area contributed by atoms with Crippen LogP contribution in [-0.2, 0) is 16.1 Å². The van der Waals surface area contributed by atoms with Crippen molar-refractivity contribution in [3.05, 3.63) is 29.8 Å². The van der Waals surface area contributed by atoms with Gasteiger partial charge in [0.2, 0.25) is 0 Å². The molecule has 0 bridgehead atoms. The lowest BCUT2D eigenvalue weighted by Gasteiger charge is -2.36. The third kappa shape index (κ3) is 5.68. The number of methoxy groups -OCH3 is 1. The van der Waals surface area contributed by atoms with Gasteiger partial charge in [-0.2, -0.15) is 0 Å². The molecule has 21 heavy (non-hydrogen) atoms. The van der Waals surface area contributed by atoms with E-state index in [1.807, 2.05) is 0 Å². The maximum Gasteiger partial charge on any atom is 0.0718 e. The first-order valence-corrected chi connectivity index (χ1v) is 8.01. The fraction of sp³-hybridized carbons (Fsp3) is 0.667. The topological polar surface area (TPSA) is 30.5 Å². The van der Waals surface area contributed by atoms with Crippen LogP contribution in [0.1, 0.15) is 45.1 Å². The molecule has 1 aromatic rings. The average Bonchev–Trinajstić information content (AvgIpc) is 2.43. The molecule has 1 atom stereocenters. The quantitative estimate of drug-likeness (QED) is 0.763. The largest absolute Gasteiger partial charge is 0.382 e. The predicted octanol–water partition coefficient (Wildman–Crippen LogP) is 4.23. The van der Waals surface area contributed by atoms with Gasteiger partial charge in [-0.05, 0) is 42.4 Å². The molecular weight excluding hydrogens is 262 g/mol. The Morgan fingerprint density at radius 2 is 2.14 bits per heavy atom. The van der Waals surface area contributed by atoms with Crippen molar-refractivity contribution in [1.82, 2.24) is 0 Å². The second-order valence-corrected chi connectivity index (χ2v) is 6.85. The van der Waals surface area contributed by atoms with E-state index in [0.717, 1.165) is 0 Å². The van der Waals surface area contributed by atoms with Crippen LogP contribution in [0.5, 0.6) is 0 Å². The number of hydrogen-bond donors (Lipinski definition) is 1. The Morgan fingerprint density at radius 1 is 1.29 bits per heavy atom. The zero-order chi connectivity index (χ0) is 15.1. The number of rotatable bonds is 7. The Morgan fingerprint density at radius 3 is 2.90 bits per heavy atom. The molecule has 118 valence electrons. The molecule has 1 aliphatic rings. The summed E-state index contributed by atoms with van der Waals surface area (Å²) in [6.07, 6.45) is 5.20. The van der Waals surface area contributed by atoms with Crippen molar-refractivity contribution in [3.8, 4) is 0 Å². The zero-order valence-electron chi connectivity index (χ0n) is 13.7. The Hall–Kier alpha value is -1.06. The van der Waals surface area contributed by atoms with Crippen LogP contribution in [0.3, 0.4) is 0 Å². The monoisotopic (exact) mass is 291 g/mol. The molecule has 1 unspecified atom stereocenters. The van der Waals surface area contributed by atoms with Gasteiger partial charge in [-0.25, -0.2) is 0 Å². The molecule has 0 radical (unpaired) electrons. The van der Waals surface area contributed by atoms with E-state index in [1.54, 1.807) is 7.11 Å². The van der Waals surface area contributed by atoms with E-state index in [2.05, 4.69) is 43.4 Å². The standard InChI is InChI=1S/C18H29NO2/c1-18(2)9-5-8-17(13-18)19-16-7-4-6-15(12-16)14-21-11-10-20-3/h4,6-7,12,17,19H,5,8-11,13-14H2,1-3H3. The van der Waals surface area contributed by atoms with Gasteiger partial charge in [-0.3, -0.25) is 0 Å². The minimum absolute atomic E-state index is 0.469. The van der Waals surface area contributed by atoms with Gasteiger partial charge >= 0.3 is 0 Å².